The number of nitriles is 1. The maximum atomic E-state index is 8.53. The van der Waals surface area contributed by atoms with E-state index in [1.165, 1.54) is 32.1 Å². The molecule has 68 valence electrons. The molecule has 1 saturated carbocycles. The summed E-state index contributed by atoms with van der Waals surface area (Å²) in [5.74, 6) is 0.0481. The lowest BCUT2D eigenvalue weighted by molar-refractivity contribution is 0.0188. The lowest BCUT2D eigenvalue weighted by Gasteiger charge is -2.22. The molecule has 1 unspecified atom stereocenters. The maximum absolute atomic E-state index is 8.53. The van der Waals surface area contributed by atoms with Gasteiger partial charge in [-0.2, -0.15) is 5.26 Å². The van der Waals surface area contributed by atoms with Crippen LogP contribution in [0.25, 0.3) is 0 Å². The maximum Gasteiger partial charge on any atom is 0.0677 e. The van der Waals surface area contributed by atoms with Gasteiger partial charge in [-0.05, 0) is 19.8 Å². The zero-order valence-electron chi connectivity index (χ0n) is 7.75. The molecular formula is C10H17NO. The molecule has 1 aliphatic carbocycles. The second-order valence-electron chi connectivity index (χ2n) is 3.62. The molecule has 0 amide bonds. The van der Waals surface area contributed by atoms with Crippen molar-refractivity contribution in [3.8, 4) is 6.07 Å². The van der Waals surface area contributed by atoms with Gasteiger partial charge >= 0.3 is 0 Å². The van der Waals surface area contributed by atoms with Crippen molar-refractivity contribution in [3.63, 3.8) is 0 Å². The Hall–Kier alpha value is -0.550. The number of rotatable bonds is 3. The number of hydrogen-bond acceptors (Lipinski definition) is 2. The summed E-state index contributed by atoms with van der Waals surface area (Å²) in [6, 6.07) is 2.18. The van der Waals surface area contributed by atoms with Crippen LogP contribution in [0.3, 0.4) is 0 Å². The van der Waals surface area contributed by atoms with Gasteiger partial charge in [-0.1, -0.05) is 19.3 Å². The smallest absolute Gasteiger partial charge is 0.0677 e. The van der Waals surface area contributed by atoms with E-state index in [0.717, 1.165) is 0 Å². The summed E-state index contributed by atoms with van der Waals surface area (Å²) < 4.78 is 5.61. The van der Waals surface area contributed by atoms with Gasteiger partial charge < -0.3 is 4.74 Å². The van der Waals surface area contributed by atoms with Crippen molar-refractivity contribution in [2.45, 2.75) is 45.1 Å². The third kappa shape index (κ3) is 3.23. The van der Waals surface area contributed by atoms with E-state index in [1.54, 1.807) is 0 Å². The first kappa shape index (κ1) is 9.54. The van der Waals surface area contributed by atoms with Crippen molar-refractivity contribution in [2.75, 3.05) is 6.61 Å². The van der Waals surface area contributed by atoms with E-state index in [4.69, 9.17) is 10.00 Å². The molecule has 0 aliphatic heterocycles. The highest BCUT2D eigenvalue weighted by molar-refractivity contribution is 4.78. The van der Waals surface area contributed by atoms with E-state index < -0.39 is 0 Å². The summed E-state index contributed by atoms with van der Waals surface area (Å²) in [6.45, 7) is 2.52. The molecule has 0 saturated heterocycles. The minimum atomic E-state index is 0.0481. The quantitative estimate of drug-likeness (QED) is 0.647. The van der Waals surface area contributed by atoms with Gasteiger partial charge in [-0.3, -0.25) is 0 Å². The monoisotopic (exact) mass is 167 g/mol. The highest BCUT2D eigenvalue weighted by atomic mass is 16.5. The second-order valence-corrected chi connectivity index (χ2v) is 3.62. The summed E-state index contributed by atoms with van der Waals surface area (Å²) in [4.78, 5) is 0. The van der Waals surface area contributed by atoms with Crippen molar-refractivity contribution < 1.29 is 4.74 Å². The molecule has 0 heterocycles. The third-order valence-corrected chi connectivity index (χ3v) is 2.35. The Bertz CT molecular complexity index is 156. The highest BCUT2D eigenvalue weighted by Gasteiger charge is 2.14. The van der Waals surface area contributed by atoms with Gasteiger partial charge in [-0.15, -0.1) is 0 Å². The zero-order chi connectivity index (χ0) is 8.81. The van der Waals surface area contributed by atoms with Crippen LogP contribution >= 0.6 is 0 Å². The second kappa shape index (κ2) is 5.16. The molecule has 1 aliphatic rings. The van der Waals surface area contributed by atoms with Gasteiger partial charge in [0.15, 0.2) is 0 Å². The van der Waals surface area contributed by atoms with Crippen molar-refractivity contribution >= 4 is 0 Å². The summed E-state index contributed by atoms with van der Waals surface area (Å²) in [5.41, 5.74) is 0. The van der Waals surface area contributed by atoms with E-state index in [0.29, 0.717) is 12.7 Å². The molecule has 2 nitrogen and oxygen atoms in total. The van der Waals surface area contributed by atoms with Crippen LogP contribution in [0.5, 0.6) is 0 Å². The van der Waals surface area contributed by atoms with Crippen molar-refractivity contribution in [1.82, 2.24) is 0 Å². The van der Waals surface area contributed by atoms with Crippen LogP contribution in [0.2, 0.25) is 0 Å². The molecule has 0 aromatic rings. The molecule has 0 aromatic heterocycles. The van der Waals surface area contributed by atoms with Gasteiger partial charge in [0, 0.05) is 0 Å². The predicted molar refractivity (Wildman–Crippen MR) is 47.6 cm³/mol. The topological polar surface area (TPSA) is 33.0 Å². The molecule has 0 aromatic carbocycles. The summed E-state index contributed by atoms with van der Waals surface area (Å²) in [5, 5.41) is 8.53. The predicted octanol–water partition coefficient (Wildman–Crippen LogP) is 2.50. The lowest BCUT2D eigenvalue weighted by atomic mass is 9.98. The van der Waals surface area contributed by atoms with Crippen LogP contribution in [0, 0.1) is 17.2 Å². The first-order valence-corrected chi connectivity index (χ1v) is 4.84. The molecule has 2 heteroatoms. The largest absolute Gasteiger partial charge is 0.377 e. The van der Waals surface area contributed by atoms with Gasteiger partial charge in [0.05, 0.1) is 24.7 Å². The van der Waals surface area contributed by atoms with Crippen LogP contribution in [0.1, 0.15) is 39.0 Å². The Kier molecular flexibility index (Phi) is 4.10. The normalized spacial score (nSPS) is 21.7. The van der Waals surface area contributed by atoms with E-state index >= 15 is 0 Å². The molecular weight excluding hydrogens is 150 g/mol. The molecule has 1 atom stereocenters. The van der Waals surface area contributed by atoms with Gasteiger partial charge in [0.2, 0.25) is 0 Å². The Balaban J connectivity index is 2.10. The Morgan fingerprint density at radius 2 is 2.08 bits per heavy atom. The van der Waals surface area contributed by atoms with Crippen molar-refractivity contribution in [2.24, 2.45) is 5.92 Å². The number of hydrogen-bond donors (Lipinski definition) is 0. The summed E-state index contributed by atoms with van der Waals surface area (Å²) in [6.07, 6.45) is 6.77. The van der Waals surface area contributed by atoms with E-state index in [2.05, 4.69) is 6.07 Å². The van der Waals surface area contributed by atoms with Crippen LogP contribution in [0.4, 0.5) is 0 Å². The average Bonchev–Trinajstić information content (AvgIpc) is 2.16. The van der Waals surface area contributed by atoms with Crippen LogP contribution in [-0.4, -0.2) is 12.7 Å². The fourth-order valence-electron chi connectivity index (χ4n) is 1.55. The molecule has 12 heavy (non-hydrogen) atoms. The molecule has 0 radical (unpaired) electrons. The molecule has 0 bridgehead atoms. The molecule has 0 spiro atoms. The minimum absolute atomic E-state index is 0.0481. The van der Waals surface area contributed by atoms with Crippen molar-refractivity contribution in [1.29, 1.82) is 5.26 Å². The number of ether oxygens (including phenoxy) is 1. The van der Waals surface area contributed by atoms with Gasteiger partial charge in [-0.25, -0.2) is 0 Å². The Morgan fingerprint density at radius 3 is 2.67 bits per heavy atom. The van der Waals surface area contributed by atoms with Crippen LogP contribution < -0.4 is 0 Å². The fraction of sp³-hybridized carbons (Fsp3) is 0.900. The SMILES string of the molecule is CC(C#N)COC1CCCCC1. The van der Waals surface area contributed by atoms with E-state index in [1.807, 2.05) is 6.92 Å². The Labute approximate surface area is 74.5 Å². The molecule has 0 N–H and O–H groups in total. The zero-order valence-corrected chi connectivity index (χ0v) is 7.75. The average molecular weight is 167 g/mol. The Morgan fingerprint density at radius 1 is 1.42 bits per heavy atom. The van der Waals surface area contributed by atoms with E-state index in [-0.39, 0.29) is 5.92 Å². The lowest BCUT2D eigenvalue weighted by Crippen LogP contribution is -2.19. The molecule has 1 fully saturated rings. The van der Waals surface area contributed by atoms with Gasteiger partial charge in [0.25, 0.3) is 0 Å². The third-order valence-electron chi connectivity index (χ3n) is 2.35. The van der Waals surface area contributed by atoms with Crippen molar-refractivity contribution in [3.05, 3.63) is 0 Å². The first-order chi connectivity index (χ1) is 5.83. The van der Waals surface area contributed by atoms with Crippen LogP contribution in [-0.2, 0) is 4.74 Å². The standard InChI is InChI=1S/C10H17NO/c1-9(7-11)8-12-10-5-3-2-4-6-10/h9-10H,2-6,8H2,1H3. The summed E-state index contributed by atoms with van der Waals surface area (Å²) >= 11 is 0. The van der Waals surface area contributed by atoms with E-state index in [9.17, 15) is 0 Å². The van der Waals surface area contributed by atoms with Crippen LogP contribution in [0.15, 0.2) is 0 Å². The minimum Gasteiger partial charge on any atom is -0.377 e. The first-order valence-electron chi connectivity index (χ1n) is 4.84. The highest BCUT2D eigenvalue weighted by Crippen LogP contribution is 2.20. The summed E-state index contributed by atoms with van der Waals surface area (Å²) in [7, 11) is 0. The number of nitrogens with zero attached hydrogens (tertiary/aromatic N) is 1. The fourth-order valence-corrected chi connectivity index (χ4v) is 1.55. The molecule has 1 rings (SSSR count). The van der Waals surface area contributed by atoms with Gasteiger partial charge in [0.1, 0.15) is 0 Å².